The van der Waals surface area contributed by atoms with Crippen molar-refractivity contribution in [2.24, 2.45) is 5.41 Å². The molecule has 0 aliphatic heterocycles. The molecule has 0 saturated heterocycles. The Bertz CT molecular complexity index is 454. The first-order chi connectivity index (χ1) is 8.41. The van der Waals surface area contributed by atoms with Crippen molar-refractivity contribution < 1.29 is 45.4 Å². The first-order valence-electron chi connectivity index (χ1n) is 7.04. The zero-order valence-corrected chi connectivity index (χ0v) is 19.4. The fourth-order valence-electron chi connectivity index (χ4n) is 3.02. The van der Waals surface area contributed by atoms with Crippen molar-refractivity contribution in [3.05, 3.63) is 42.6 Å². The van der Waals surface area contributed by atoms with Crippen molar-refractivity contribution in [2.75, 3.05) is 0 Å². The van der Waals surface area contributed by atoms with Crippen LogP contribution in [0.3, 0.4) is 0 Å². The van der Waals surface area contributed by atoms with Crippen molar-refractivity contribution in [2.45, 2.75) is 46.7 Å². The molecule has 2 aliphatic carbocycles. The molecule has 0 unspecified atom stereocenters. The fraction of sp³-hybridized carbons (Fsp3) is 0.500. The summed E-state index contributed by atoms with van der Waals surface area (Å²) in [6, 6.07) is 0. The third kappa shape index (κ3) is 4.56. The van der Waals surface area contributed by atoms with Gasteiger partial charge in [0, 0.05) is 0 Å². The van der Waals surface area contributed by atoms with Gasteiger partial charge in [-0.1, -0.05) is 0 Å². The second kappa shape index (κ2) is 8.31. The minimum atomic E-state index is -1.66. The smallest absolute Gasteiger partial charge is 1.00 e. The van der Waals surface area contributed by atoms with E-state index >= 15 is 0 Å². The quantitative estimate of drug-likeness (QED) is 0.428. The Labute approximate surface area is 145 Å². The van der Waals surface area contributed by atoms with Gasteiger partial charge in [0.05, 0.1) is 0 Å². The van der Waals surface area contributed by atoms with Crippen LogP contribution >= 0.6 is 0 Å². The van der Waals surface area contributed by atoms with Gasteiger partial charge in [0.2, 0.25) is 0 Å². The Morgan fingerprint density at radius 1 is 1.05 bits per heavy atom. The van der Waals surface area contributed by atoms with E-state index in [9.17, 15) is 0 Å². The molecule has 0 nitrogen and oxygen atoms in total. The molecule has 0 radical (unpaired) electrons. The molecular weight excluding hydrogens is 470 g/mol. The summed E-state index contributed by atoms with van der Waals surface area (Å²) in [5, 5.41) is 0. The Morgan fingerprint density at radius 3 is 2.15 bits per heavy atom. The summed E-state index contributed by atoms with van der Waals surface area (Å²) in [5.41, 5.74) is 2.03. The molecule has 20 heavy (non-hydrogen) atoms. The maximum absolute atomic E-state index is 2.59. The standard InChI is InChI=1S/C9H13.C5H5.C2H7Si.2ClH.Hf/c1-9(2,3)8-6-4-5-7-8;1-2-4-5-3-1;1-3-2;;;/h4,6H,5H2,1-3H3;1-3H,4H2;3H,1-2H3;2*1H;/q;;;;;+2/p-2. The topological polar surface area (TPSA) is 0 Å². The average Bonchev–Trinajstić information content (AvgIpc) is 2.86. The van der Waals surface area contributed by atoms with Gasteiger partial charge in [0.15, 0.2) is 0 Å². The molecule has 0 amide bonds. The van der Waals surface area contributed by atoms with Gasteiger partial charge in [-0.05, 0) is 0 Å². The van der Waals surface area contributed by atoms with Gasteiger partial charge < -0.3 is 24.8 Å². The molecule has 111 valence electrons. The van der Waals surface area contributed by atoms with Gasteiger partial charge in [-0.3, -0.25) is 0 Å². The predicted octanol–water partition coefficient (Wildman–Crippen LogP) is -1.30. The molecule has 4 heteroatoms. The molecule has 0 saturated carbocycles. The van der Waals surface area contributed by atoms with Gasteiger partial charge in [-0.2, -0.15) is 0 Å². The molecule has 0 N–H and O–H groups in total. The van der Waals surface area contributed by atoms with E-state index in [-0.39, 0.29) is 24.8 Å². The normalized spacial score (nSPS) is 17.2. The summed E-state index contributed by atoms with van der Waals surface area (Å²) in [6.45, 7) is 12.3. The molecule has 2 rings (SSSR count). The summed E-state index contributed by atoms with van der Waals surface area (Å²) >= 11 is -1.66. The zero-order chi connectivity index (χ0) is 13.3. The van der Waals surface area contributed by atoms with E-state index in [1.54, 1.807) is 5.57 Å². The molecular formula is C16H25Cl2HfSi. The second-order valence-electron chi connectivity index (χ2n) is 6.64. The molecule has 0 atom stereocenters. The Kier molecular flexibility index (Phi) is 8.57. The van der Waals surface area contributed by atoms with Crippen molar-refractivity contribution >= 4 is 5.98 Å². The first-order valence-corrected chi connectivity index (χ1v) is 19.7. The summed E-state index contributed by atoms with van der Waals surface area (Å²) < 4.78 is 3.81. The molecule has 0 aromatic rings. The van der Waals surface area contributed by atoms with Gasteiger partial charge in [-0.25, -0.2) is 0 Å². The second-order valence-corrected chi connectivity index (χ2v) is 33.6. The third-order valence-corrected chi connectivity index (χ3v) is 31.1. The third-order valence-electron chi connectivity index (χ3n) is 3.76. The van der Waals surface area contributed by atoms with Gasteiger partial charge in [-0.15, -0.1) is 0 Å². The maximum Gasteiger partial charge on any atom is -1.00 e. The van der Waals surface area contributed by atoms with Crippen LogP contribution in [0.25, 0.3) is 0 Å². The Morgan fingerprint density at radius 2 is 1.70 bits per heavy atom. The Balaban J connectivity index is 0.00000180. The van der Waals surface area contributed by atoms with Crippen LogP contribution in [0, 0.1) is 5.41 Å². The predicted molar refractivity (Wildman–Crippen MR) is 81.0 cm³/mol. The molecule has 2 aliphatic rings. The summed E-state index contributed by atoms with van der Waals surface area (Å²) in [6.07, 6.45) is 14.5. The largest absolute Gasteiger partial charge is 1.00 e. The summed E-state index contributed by atoms with van der Waals surface area (Å²) in [7, 11) is 0. The van der Waals surface area contributed by atoms with Crippen molar-refractivity contribution in [3.8, 4) is 0 Å². The molecule has 0 fully saturated rings. The monoisotopic (exact) mass is 495 g/mol. The van der Waals surface area contributed by atoms with E-state index in [0.717, 1.165) is 0 Å². The molecule has 0 bridgehead atoms. The summed E-state index contributed by atoms with van der Waals surface area (Å²) in [5.74, 6) is -0.495. The van der Waals surface area contributed by atoms with Crippen molar-refractivity contribution in [1.29, 1.82) is 0 Å². The van der Waals surface area contributed by atoms with E-state index in [0.29, 0.717) is 5.41 Å². The first kappa shape index (κ1) is 20.6. The van der Waals surface area contributed by atoms with Crippen LogP contribution in [0.15, 0.2) is 42.6 Å². The van der Waals surface area contributed by atoms with Gasteiger partial charge >= 0.3 is 121 Å². The van der Waals surface area contributed by atoms with E-state index in [1.807, 2.05) is 6.66 Å². The van der Waals surface area contributed by atoms with E-state index in [4.69, 9.17) is 0 Å². The average molecular weight is 495 g/mol. The van der Waals surface area contributed by atoms with Gasteiger partial charge in [0.25, 0.3) is 0 Å². The SMILES string of the molecule is C[SiH](C)[Hf+2]([C]1=CC=CC1)[C]1=C(C(C)(C)C)C=CC1.[Cl-].[Cl-]. The van der Waals surface area contributed by atoms with Crippen LogP contribution in [0.5, 0.6) is 0 Å². The van der Waals surface area contributed by atoms with Crippen LogP contribution in [0.1, 0.15) is 33.6 Å². The minimum absolute atomic E-state index is 0. The molecule has 0 heterocycles. The molecule has 0 aromatic carbocycles. The van der Waals surface area contributed by atoms with Crippen LogP contribution in [0.2, 0.25) is 13.1 Å². The Hall–Kier alpha value is 0.627. The summed E-state index contributed by atoms with van der Waals surface area (Å²) in [4.78, 5) is 0. The number of halogens is 2. The molecule has 0 spiro atoms. The van der Waals surface area contributed by atoms with Crippen LogP contribution in [-0.2, 0) is 20.6 Å². The van der Waals surface area contributed by atoms with Crippen LogP contribution in [0.4, 0.5) is 0 Å². The number of rotatable bonds is 3. The van der Waals surface area contributed by atoms with Gasteiger partial charge in [0.1, 0.15) is 0 Å². The van der Waals surface area contributed by atoms with Crippen molar-refractivity contribution in [3.63, 3.8) is 0 Å². The minimum Gasteiger partial charge on any atom is -1.00 e. The number of allylic oxidation sites excluding steroid dienone is 8. The van der Waals surface area contributed by atoms with Crippen LogP contribution < -0.4 is 24.8 Å². The van der Waals surface area contributed by atoms with E-state index in [2.05, 4.69) is 64.2 Å². The zero-order valence-electron chi connectivity index (χ0n) is 13.1. The fourth-order valence-corrected chi connectivity index (χ4v) is 31.5. The van der Waals surface area contributed by atoms with E-state index in [1.165, 1.54) is 12.8 Å². The van der Waals surface area contributed by atoms with E-state index < -0.39 is 26.6 Å². The van der Waals surface area contributed by atoms with Crippen LogP contribution in [-0.4, -0.2) is 5.98 Å². The van der Waals surface area contributed by atoms with Crippen molar-refractivity contribution in [1.82, 2.24) is 0 Å². The maximum atomic E-state index is 2.59. The number of hydrogen-bond acceptors (Lipinski definition) is 0. The number of hydrogen-bond donors (Lipinski definition) is 0. The molecule has 0 aromatic heterocycles.